The third-order valence-corrected chi connectivity index (χ3v) is 1.84. The van der Waals surface area contributed by atoms with Crippen molar-refractivity contribution in [3.63, 3.8) is 0 Å². The first-order valence-electron chi connectivity index (χ1n) is 4.30. The number of aromatic hydroxyl groups is 1. The molecule has 0 radical (unpaired) electrons. The maximum Gasteiger partial charge on any atom is 0.334 e. The Morgan fingerprint density at radius 2 is 1.53 bits per heavy atom. The fraction of sp³-hybridized carbons (Fsp3) is 0.250. The minimum absolute atomic E-state index is 0.311. The molecule has 0 fully saturated rings. The second-order valence-electron chi connectivity index (χ2n) is 3.08. The number of hydrogen-bond donors (Lipinski definition) is 3. The van der Waals surface area contributed by atoms with E-state index in [1.807, 2.05) is 0 Å². The van der Waals surface area contributed by atoms with Gasteiger partial charge in [0.1, 0.15) is 13.1 Å². The molecule has 1 heterocycles. The average Bonchev–Trinajstić information content (AvgIpc) is 2.18. The molecule has 17 heavy (non-hydrogen) atoms. The number of carboxylic acids is 2. The molecule has 0 bridgehead atoms. The van der Waals surface area contributed by atoms with Gasteiger partial charge in [-0.2, -0.15) is 0 Å². The molecule has 0 aliphatic rings. The maximum atomic E-state index is 11.5. The number of nitrogens with zero attached hydrogens (tertiary/aromatic N) is 2. The Morgan fingerprint density at radius 3 is 2.00 bits per heavy atom. The van der Waals surface area contributed by atoms with Gasteiger partial charge in [-0.05, 0) is 0 Å². The predicted octanol–water partition coefficient (Wildman–Crippen LogP) is -2.12. The highest BCUT2D eigenvalue weighted by atomic mass is 16.4. The first-order chi connectivity index (χ1) is 7.82. The Morgan fingerprint density at radius 1 is 1.06 bits per heavy atom. The van der Waals surface area contributed by atoms with Crippen molar-refractivity contribution in [2.75, 3.05) is 0 Å². The van der Waals surface area contributed by atoms with Crippen molar-refractivity contribution < 1.29 is 24.9 Å². The van der Waals surface area contributed by atoms with Gasteiger partial charge in [0.15, 0.2) is 0 Å². The van der Waals surface area contributed by atoms with Gasteiger partial charge < -0.3 is 15.3 Å². The van der Waals surface area contributed by atoms with Crippen molar-refractivity contribution in [3.8, 4) is 5.88 Å². The SMILES string of the molecule is O=C(O)Cn1c(O)cc(=O)n(CC(=O)O)c1=O. The van der Waals surface area contributed by atoms with Crippen LogP contribution in [0.1, 0.15) is 0 Å². The van der Waals surface area contributed by atoms with Crippen molar-refractivity contribution in [1.29, 1.82) is 0 Å². The molecule has 92 valence electrons. The van der Waals surface area contributed by atoms with Crippen LogP contribution in [0.5, 0.6) is 5.88 Å². The predicted molar refractivity (Wildman–Crippen MR) is 51.9 cm³/mol. The number of rotatable bonds is 4. The molecule has 0 aliphatic carbocycles. The number of aromatic nitrogens is 2. The number of hydrogen-bond acceptors (Lipinski definition) is 5. The van der Waals surface area contributed by atoms with Gasteiger partial charge in [0.25, 0.3) is 5.56 Å². The Bertz CT molecular complexity index is 583. The second kappa shape index (κ2) is 4.51. The molecule has 0 unspecified atom stereocenters. The molecule has 1 rings (SSSR count). The van der Waals surface area contributed by atoms with Crippen LogP contribution >= 0.6 is 0 Å². The summed E-state index contributed by atoms with van der Waals surface area (Å²) in [6, 6.07) is 0.577. The first-order valence-corrected chi connectivity index (χ1v) is 4.30. The van der Waals surface area contributed by atoms with Crippen LogP contribution in [0.3, 0.4) is 0 Å². The van der Waals surface area contributed by atoms with Gasteiger partial charge in [0, 0.05) is 0 Å². The highest BCUT2D eigenvalue weighted by molar-refractivity contribution is 5.67. The van der Waals surface area contributed by atoms with Crippen molar-refractivity contribution in [3.05, 3.63) is 26.9 Å². The fourth-order valence-corrected chi connectivity index (χ4v) is 1.17. The highest BCUT2D eigenvalue weighted by Gasteiger charge is 2.14. The van der Waals surface area contributed by atoms with E-state index in [0.717, 1.165) is 0 Å². The lowest BCUT2D eigenvalue weighted by Gasteiger charge is -2.08. The maximum absolute atomic E-state index is 11.5. The van der Waals surface area contributed by atoms with Crippen LogP contribution in [0.2, 0.25) is 0 Å². The summed E-state index contributed by atoms with van der Waals surface area (Å²) in [6.07, 6.45) is 0. The molecule has 3 N–H and O–H groups in total. The van der Waals surface area contributed by atoms with E-state index in [1.165, 1.54) is 0 Å². The minimum Gasteiger partial charge on any atom is -0.494 e. The molecule has 0 saturated heterocycles. The summed E-state index contributed by atoms with van der Waals surface area (Å²) >= 11 is 0. The van der Waals surface area contributed by atoms with Crippen molar-refractivity contribution in [2.45, 2.75) is 13.1 Å². The topological polar surface area (TPSA) is 139 Å². The number of aliphatic carboxylic acids is 2. The van der Waals surface area contributed by atoms with Crippen LogP contribution in [-0.4, -0.2) is 36.4 Å². The van der Waals surface area contributed by atoms with E-state index in [2.05, 4.69) is 0 Å². The van der Waals surface area contributed by atoms with Crippen LogP contribution in [-0.2, 0) is 22.7 Å². The molecule has 0 atom stereocenters. The summed E-state index contributed by atoms with van der Waals surface area (Å²) in [5.74, 6) is -3.68. The normalized spacial score (nSPS) is 10.1. The van der Waals surface area contributed by atoms with Gasteiger partial charge in [-0.15, -0.1) is 0 Å². The molecule has 0 saturated carbocycles. The molecular weight excluding hydrogens is 236 g/mol. The minimum atomic E-state index is -1.43. The number of carboxylic acid groups (broad SMARTS) is 2. The zero-order valence-corrected chi connectivity index (χ0v) is 8.36. The lowest BCUT2D eigenvalue weighted by Crippen LogP contribution is -2.41. The zero-order valence-electron chi connectivity index (χ0n) is 8.36. The second-order valence-corrected chi connectivity index (χ2v) is 3.08. The van der Waals surface area contributed by atoms with E-state index >= 15 is 0 Å². The van der Waals surface area contributed by atoms with Gasteiger partial charge >= 0.3 is 17.6 Å². The molecule has 0 amide bonds. The van der Waals surface area contributed by atoms with Crippen LogP contribution in [0, 0.1) is 0 Å². The summed E-state index contributed by atoms with van der Waals surface area (Å²) in [7, 11) is 0. The van der Waals surface area contributed by atoms with Gasteiger partial charge in [0.05, 0.1) is 6.07 Å². The van der Waals surface area contributed by atoms with Gasteiger partial charge in [-0.25, -0.2) is 9.36 Å². The largest absolute Gasteiger partial charge is 0.494 e. The van der Waals surface area contributed by atoms with Crippen LogP contribution in [0.4, 0.5) is 0 Å². The third kappa shape index (κ3) is 2.71. The summed E-state index contributed by atoms with van der Waals surface area (Å²) in [5, 5.41) is 26.2. The summed E-state index contributed by atoms with van der Waals surface area (Å²) in [4.78, 5) is 43.6. The Labute approximate surface area is 92.8 Å². The zero-order chi connectivity index (χ0) is 13.2. The van der Waals surface area contributed by atoms with Crippen molar-refractivity contribution in [1.82, 2.24) is 9.13 Å². The first kappa shape index (κ1) is 12.5. The molecule has 9 heteroatoms. The molecule has 1 aromatic rings. The summed E-state index contributed by atoms with van der Waals surface area (Å²) < 4.78 is 0.692. The van der Waals surface area contributed by atoms with Gasteiger partial charge in [-0.1, -0.05) is 0 Å². The highest BCUT2D eigenvalue weighted by Crippen LogP contribution is 2.00. The summed E-state index contributed by atoms with van der Waals surface area (Å²) in [5.41, 5.74) is -2.21. The fourth-order valence-electron chi connectivity index (χ4n) is 1.17. The Balaban J connectivity index is 3.43. The lowest BCUT2D eigenvalue weighted by atomic mass is 10.5. The van der Waals surface area contributed by atoms with E-state index in [0.29, 0.717) is 15.2 Å². The molecule has 0 aromatic carbocycles. The van der Waals surface area contributed by atoms with Crippen LogP contribution in [0.25, 0.3) is 0 Å². The Hall–Kier alpha value is -2.58. The molecule has 9 nitrogen and oxygen atoms in total. The van der Waals surface area contributed by atoms with Crippen molar-refractivity contribution >= 4 is 11.9 Å². The molecule has 1 aromatic heterocycles. The van der Waals surface area contributed by atoms with Gasteiger partial charge in [0.2, 0.25) is 5.88 Å². The average molecular weight is 244 g/mol. The van der Waals surface area contributed by atoms with Crippen LogP contribution in [0.15, 0.2) is 15.7 Å². The lowest BCUT2D eigenvalue weighted by molar-refractivity contribution is -0.138. The molecule has 0 spiro atoms. The monoisotopic (exact) mass is 244 g/mol. The van der Waals surface area contributed by atoms with E-state index in [1.54, 1.807) is 0 Å². The Kier molecular flexibility index (Phi) is 3.31. The van der Waals surface area contributed by atoms with E-state index < -0.39 is 42.2 Å². The van der Waals surface area contributed by atoms with Gasteiger partial charge in [-0.3, -0.25) is 19.0 Å². The van der Waals surface area contributed by atoms with Crippen molar-refractivity contribution in [2.24, 2.45) is 0 Å². The quantitative estimate of drug-likeness (QED) is 0.550. The molecular formula is C8H8N2O7. The van der Waals surface area contributed by atoms with E-state index in [-0.39, 0.29) is 0 Å². The van der Waals surface area contributed by atoms with E-state index in [4.69, 9.17) is 10.2 Å². The third-order valence-electron chi connectivity index (χ3n) is 1.84. The smallest absolute Gasteiger partial charge is 0.334 e. The number of carbonyl (C=O) groups is 2. The standard InChI is InChI=1S/C8H8N2O7/c11-4-1-5(12)10(3-7(15)16)8(17)9(4)2-6(13)14/h1,11H,2-3H2,(H,13,14)(H,15,16). The van der Waals surface area contributed by atoms with Crippen LogP contribution < -0.4 is 11.2 Å². The summed E-state index contributed by atoms with van der Waals surface area (Å²) in [6.45, 7) is -1.78. The van der Waals surface area contributed by atoms with E-state index in [9.17, 15) is 24.3 Å². The molecule has 0 aliphatic heterocycles.